The first kappa shape index (κ1) is 22.2. The number of nitrogens with zero attached hydrogens (tertiary/aromatic N) is 1. The van der Waals surface area contributed by atoms with Crippen LogP contribution in [0.2, 0.25) is 0 Å². The van der Waals surface area contributed by atoms with Crippen molar-refractivity contribution >= 4 is 11.6 Å². The van der Waals surface area contributed by atoms with Crippen LogP contribution in [0.15, 0.2) is 36.4 Å². The van der Waals surface area contributed by atoms with E-state index in [-0.39, 0.29) is 11.9 Å². The predicted molar refractivity (Wildman–Crippen MR) is 124 cm³/mol. The van der Waals surface area contributed by atoms with E-state index in [1.165, 1.54) is 24.1 Å². The van der Waals surface area contributed by atoms with Gasteiger partial charge in [0.05, 0.1) is 6.04 Å². The minimum absolute atomic E-state index is 0.0711. The van der Waals surface area contributed by atoms with Gasteiger partial charge in [0.15, 0.2) is 6.10 Å². The number of anilines is 1. The van der Waals surface area contributed by atoms with E-state index < -0.39 is 6.10 Å². The van der Waals surface area contributed by atoms with Gasteiger partial charge in [0.1, 0.15) is 5.75 Å². The van der Waals surface area contributed by atoms with E-state index in [0.717, 1.165) is 41.4 Å². The lowest BCUT2D eigenvalue weighted by molar-refractivity contribution is -0.127. The van der Waals surface area contributed by atoms with Gasteiger partial charge in [-0.3, -0.25) is 4.79 Å². The molecule has 0 saturated carbocycles. The van der Waals surface area contributed by atoms with E-state index in [4.69, 9.17) is 4.74 Å². The molecule has 0 aromatic heterocycles. The van der Waals surface area contributed by atoms with Crippen LogP contribution in [-0.4, -0.2) is 25.1 Å². The Morgan fingerprint density at radius 3 is 2.50 bits per heavy atom. The highest BCUT2D eigenvalue weighted by molar-refractivity contribution is 5.81. The average molecular weight is 409 g/mol. The number of hydrogen-bond acceptors (Lipinski definition) is 3. The Bertz CT molecular complexity index is 875. The molecule has 162 valence electrons. The quantitative estimate of drug-likeness (QED) is 0.687. The number of nitrogens with one attached hydrogen (secondary N) is 1. The highest BCUT2D eigenvalue weighted by atomic mass is 16.5. The summed E-state index contributed by atoms with van der Waals surface area (Å²) < 4.78 is 6.00. The molecule has 30 heavy (non-hydrogen) atoms. The second-order valence-corrected chi connectivity index (χ2v) is 8.98. The van der Waals surface area contributed by atoms with Gasteiger partial charge in [-0.05, 0) is 93.8 Å². The summed E-state index contributed by atoms with van der Waals surface area (Å²) >= 11 is 0. The summed E-state index contributed by atoms with van der Waals surface area (Å²) in [6, 6.07) is 12.7. The molecule has 4 nitrogen and oxygen atoms in total. The summed E-state index contributed by atoms with van der Waals surface area (Å²) in [7, 11) is 0. The highest BCUT2D eigenvalue weighted by Gasteiger charge is 2.20. The minimum Gasteiger partial charge on any atom is -0.481 e. The molecule has 3 atom stereocenters. The number of piperidine rings is 1. The van der Waals surface area contributed by atoms with Crippen molar-refractivity contribution in [3.63, 3.8) is 0 Å². The maximum Gasteiger partial charge on any atom is 0.261 e. The molecular formula is C26H36N2O2. The first-order valence-corrected chi connectivity index (χ1v) is 11.1. The molecule has 0 aliphatic carbocycles. The molecule has 2 aromatic carbocycles. The lowest BCUT2D eigenvalue weighted by Gasteiger charge is -2.33. The average Bonchev–Trinajstić information content (AvgIpc) is 2.71. The summed E-state index contributed by atoms with van der Waals surface area (Å²) in [5, 5.41) is 3.09. The number of rotatable bonds is 6. The van der Waals surface area contributed by atoms with E-state index in [9.17, 15) is 4.79 Å². The monoisotopic (exact) mass is 408 g/mol. The van der Waals surface area contributed by atoms with Crippen LogP contribution >= 0.6 is 0 Å². The zero-order valence-electron chi connectivity index (χ0n) is 19.3. The fraction of sp³-hybridized carbons (Fsp3) is 0.500. The minimum atomic E-state index is -0.554. The van der Waals surface area contributed by atoms with Crippen LogP contribution in [0.25, 0.3) is 0 Å². The molecule has 2 aromatic rings. The van der Waals surface area contributed by atoms with Gasteiger partial charge in [0.25, 0.3) is 5.91 Å². The molecule has 0 spiro atoms. The Morgan fingerprint density at radius 2 is 1.83 bits per heavy atom. The van der Waals surface area contributed by atoms with Gasteiger partial charge >= 0.3 is 0 Å². The Labute approximate surface area is 181 Å². The van der Waals surface area contributed by atoms with E-state index in [1.807, 2.05) is 26.8 Å². The van der Waals surface area contributed by atoms with Crippen molar-refractivity contribution in [1.82, 2.24) is 5.32 Å². The maximum absolute atomic E-state index is 12.7. The Hall–Kier alpha value is -2.49. The van der Waals surface area contributed by atoms with Gasteiger partial charge in [-0.1, -0.05) is 25.1 Å². The summed E-state index contributed by atoms with van der Waals surface area (Å²) in [6.07, 6.45) is 2.02. The topological polar surface area (TPSA) is 41.6 Å². The number of benzene rings is 2. The van der Waals surface area contributed by atoms with Crippen LogP contribution in [0.4, 0.5) is 5.69 Å². The second kappa shape index (κ2) is 9.55. The number of carbonyl (C=O) groups is 1. The second-order valence-electron chi connectivity index (χ2n) is 8.98. The molecule has 1 aliphatic rings. The smallest absolute Gasteiger partial charge is 0.261 e. The molecule has 0 bridgehead atoms. The summed E-state index contributed by atoms with van der Waals surface area (Å²) in [5.41, 5.74) is 5.76. The standard InChI is InChI=1S/C26H36N2O2/c1-17-8-7-13-28(16-17)24-11-9-23(10-12-24)21(5)27-26(29)22(6)30-25-15-18(2)14-19(3)20(25)4/h9-12,14-15,17,21-22H,7-8,13,16H2,1-6H3,(H,27,29)/t17-,21+,22-/m1/s1. The highest BCUT2D eigenvalue weighted by Crippen LogP contribution is 2.26. The fourth-order valence-electron chi connectivity index (χ4n) is 4.18. The lowest BCUT2D eigenvalue weighted by Crippen LogP contribution is -2.38. The number of ether oxygens (including phenoxy) is 1. The molecule has 1 amide bonds. The molecule has 1 saturated heterocycles. The van der Waals surface area contributed by atoms with Crippen molar-refractivity contribution in [2.24, 2.45) is 5.92 Å². The molecular weight excluding hydrogens is 372 g/mol. The van der Waals surface area contributed by atoms with E-state index in [0.29, 0.717) is 0 Å². The third kappa shape index (κ3) is 5.35. The molecule has 1 heterocycles. The Balaban J connectivity index is 1.59. The van der Waals surface area contributed by atoms with Crippen molar-refractivity contribution in [2.45, 2.75) is 66.5 Å². The van der Waals surface area contributed by atoms with Crippen molar-refractivity contribution < 1.29 is 9.53 Å². The van der Waals surface area contributed by atoms with Crippen molar-refractivity contribution in [3.05, 3.63) is 58.7 Å². The van der Waals surface area contributed by atoms with E-state index in [1.54, 1.807) is 6.92 Å². The predicted octanol–water partition coefficient (Wildman–Crippen LogP) is 5.49. The summed E-state index contributed by atoms with van der Waals surface area (Å²) in [4.78, 5) is 15.2. The fourth-order valence-corrected chi connectivity index (χ4v) is 4.18. The van der Waals surface area contributed by atoms with Gasteiger partial charge < -0.3 is 15.0 Å². The SMILES string of the molecule is Cc1cc(C)c(C)c(O[C@H](C)C(=O)N[C@@H](C)c2ccc(N3CCC[C@@H](C)C3)cc2)c1. The van der Waals surface area contributed by atoms with Crippen LogP contribution in [0.5, 0.6) is 5.75 Å². The zero-order chi connectivity index (χ0) is 21.8. The summed E-state index contributed by atoms with van der Waals surface area (Å²) in [6.45, 7) is 14.5. The van der Waals surface area contributed by atoms with Crippen LogP contribution in [-0.2, 0) is 4.79 Å². The molecule has 0 unspecified atom stereocenters. The van der Waals surface area contributed by atoms with E-state index in [2.05, 4.69) is 54.4 Å². The van der Waals surface area contributed by atoms with Crippen LogP contribution in [0.3, 0.4) is 0 Å². The van der Waals surface area contributed by atoms with Gasteiger partial charge in [-0.15, -0.1) is 0 Å². The molecule has 1 aliphatic heterocycles. The van der Waals surface area contributed by atoms with Crippen molar-refractivity contribution in [3.8, 4) is 5.75 Å². The molecule has 1 N–H and O–H groups in total. The number of carbonyl (C=O) groups excluding carboxylic acids is 1. The van der Waals surface area contributed by atoms with Gasteiger partial charge in [-0.2, -0.15) is 0 Å². The number of aryl methyl sites for hydroxylation is 2. The lowest BCUT2D eigenvalue weighted by atomic mass is 9.99. The van der Waals surface area contributed by atoms with Gasteiger partial charge in [0.2, 0.25) is 0 Å². The Morgan fingerprint density at radius 1 is 1.13 bits per heavy atom. The number of hydrogen-bond donors (Lipinski definition) is 1. The van der Waals surface area contributed by atoms with Crippen LogP contribution < -0.4 is 15.0 Å². The van der Waals surface area contributed by atoms with Crippen molar-refractivity contribution in [1.29, 1.82) is 0 Å². The Kier molecular flexibility index (Phi) is 7.06. The molecule has 1 fully saturated rings. The van der Waals surface area contributed by atoms with E-state index >= 15 is 0 Å². The van der Waals surface area contributed by atoms with Gasteiger partial charge in [0, 0.05) is 18.8 Å². The zero-order valence-corrected chi connectivity index (χ0v) is 19.3. The normalized spacial score (nSPS) is 18.6. The largest absolute Gasteiger partial charge is 0.481 e. The van der Waals surface area contributed by atoms with Crippen LogP contribution in [0.1, 0.15) is 61.9 Å². The first-order chi connectivity index (χ1) is 14.2. The number of amides is 1. The third-order valence-electron chi connectivity index (χ3n) is 6.21. The van der Waals surface area contributed by atoms with Crippen molar-refractivity contribution in [2.75, 3.05) is 18.0 Å². The molecule has 0 radical (unpaired) electrons. The third-order valence-corrected chi connectivity index (χ3v) is 6.21. The molecule has 4 heteroatoms. The molecule has 3 rings (SSSR count). The van der Waals surface area contributed by atoms with Gasteiger partial charge in [-0.25, -0.2) is 0 Å². The maximum atomic E-state index is 12.7. The first-order valence-electron chi connectivity index (χ1n) is 11.1. The summed E-state index contributed by atoms with van der Waals surface area (Å²) in [5.74, 6) is 1.43. The van der Waals surface area contributed by atoms with Crippen LogP contribution in [0, 0.1) is 26.7 Å².